The minimum Gasteiger partial charge on any atom is -0.336 e. The van der Waals surface area contributed by atoms with Crippen molar-refractivity contribution in [2.75, 3.05) is 16.3 Å². The second-order valence-corrected chi connectivity index (χ2v) is 8.84. The Bertz CT molecular complexity index is 1240. The van der Waals surface area contributed by atoms with Gasteiger partial charge in [-0.1, -0.05) is 73.5 Å². The molecule has 0 atom stereocenters. The normalized spacial score (nSPS) is 15.6. The van der Waals surface area contributed by atoms with Gasteiger partial charge in [0.25, 0.3) is 11.8 Å². The van der Waals surface area contributed by atoms with Crippen LogP contribution in [0.1, 0.15) is 42.0 Å². The van der Waals surface area contributed by atoms with E-state index < -0.39 is 0 Å². The van der Waals surface area contributed by atoms with Crippen LogP contribution < -0.4 is 9.80 Å². The topological polar surface area (TPSA) is 40.6 Å². The molecule has 4 heteroatoms. The molecule has 3 aromatic carbocycles. The molecule has 0 saturated heterocycles. The summed E-state index contributed by atoms with van der Waals surface area (Å²) in [5, 5.41) is 0. The Labute approximate surface area is 195 Å². The van der Waals surface area contributed by atoms with Gasteiger partial charge in [-0.05, 0) is 61.1 Å². The predicted octanol–water partition coefficient (Wildman–Crippen LogP) is 5.68. The summed E-state index contributed by atoms with van der Waals surface area (Å²) < 4.78 is 0. The summed E-state index contributed by atoms with van der Waals surface area (Å²) in [7, 11) is 0. The third-order valence-corrected chi connectivity index (χ3v) is 6.57. The number of benzene rings is 3. The molecule has 0 fully saturated rings. The molecule has 4 nitrogen and oxygen atoms in total. The van der Waals surface area contributed by atoms with Gasteiger partial charge in [0.15, 0.2) is 0 Å². The number of aryl methyl sites for hydroxylation is 2. The van der Waals surface area contributed by atoms with Crippen LogP contribution in [0.4, 0.5) is 11.4 Å². The van der Waals surface area contributed by atoms with Crippen LogP contribution in [0.3, 0.4) is 0 Å². The Kier molecular flexibility index (Phi) is 5.59. The zero-order chi connectivity index (χ0) is 22.9. The number of unbranched alkanes of at least 4 members (excludes halogenated alkanes) is 1. The summed E-state index contributed by atoms with van der Waals surface area (Å²) in [6.07, 6.45) is 4.11. The maximum atomic E-state index is 13.8. The molecule has 2 aliphatic heterocycles. The molecular formula is C29H28N2O2. The predicted molar refractivity (Wildman–Crippen MR) is 133 cm³/mol. The molecule has 0 N–H and O–H groups in total. The molecule has 3 aromatic rings. The van der Waals surface area contributed by atoms with Crippen LogP contribution in [-0.2, 0) is 22.4 Å². The van der Waals surface area contributed by atoms with E-state index in [4.69, 9.17) is 0 Å². The van der Waals surface area contributed by atoms with Crippen molar-refractivity contribution in [2.45, 2.75) is 39.5 Å². The van der Waals surface area contributed by atoms with E-state index in [0.717, 1.165) is 42.5 Å². The van der Waals surface area contributed by atoms with E-state index in [2.05, 4.69) is 13.0 Å². The zero-order valence-corrected chi connectivity index (χ0v) is 19.2. The first-order chi connectivity index (χ1) is 16.1. The molecule has 2 amide bonds. The summed E-state index contributed by atoms with van der Waals surface area (Å²) in [5.41, 5.74) is 6.90. The number of hydrogen-bond acceptors (Lipinski definition) is 3. The van der Waals surface area contributed by atoms with Crippen molar-refractivity contribution in [3.8, 4) is 0 Å². The van der Waals surface area contributed by atoms with E-state index in [1.54, 1.807) is 0 Å². The Balaban J connectivity index is 1.58. The molecular weight excluding hydrogens is 408 g/mol. The fourth-order valence-corrected chi connectivity index (χ4v) is 4.75. The monoisotopic (exact) mass is 436 g/mol. The van der Waals surface area contributed by atoms with Gasteiger partial charge >= 0.3 is 0 Å². The minimum atomic E-state index is -0.260. The van der Waals surface area contributed by atoms with Gasteiger partial charge in [0.2, 0.25) is 0 Å². The van der Waals surface area contributed by atoms with E-state index >= 15 is 0 Å². The third kappa shape index (κ3) is 3.76. The number of para-hydroxylation sites is 1. The summed E-state index contributed by atoms with van der Waals surface area (Å²) in [6.45, 7) is 4.88. The number of carbonyl (C=O) groups excluding carboxylic acids is 2. The number of anilines is 2. The Hall–Kier alpha value is -3.66. The zero-order valence-electron chi connectivity index (χ0n) is 19.2. The van der Waals surface area contributed by atoms with Crippen molar-refractivity contribution in [1.82, 2.24) is 0 Å². The van der Waals surface area contributed by atoms with Gasteiger partial charge in [0.1, 0.15) is 5.70 Å². The average molecular weight is 437 g/mol. The highest BCUT2D eigenvalue weighted by molar-refractivity contribution is 6.46. The fourth-order valence-electron chi connectivity index (χ4n) is 4.75. The molecule has 0 saturated carbocycles. The lowest BCUT2D eigenvalue weighted by molar-refractivity contribution is -0.120. The lowest BCUT2D eigenvalue weighted by Gasteiger charge is -2.22. The Morgan fingerprint density at radius 3 is 2.30 bits per heavy atom. The van der Waals surface area contributed by atoms with Gasteiger partial charge in [-0.3, -0.25) is 9.59 Å². The van der Waals surface area contributed by atoms with Crippen molar-refractivity contribution < 1.29 is 9.59 Å². The summed E-state index contributed by atoms with van der Waals surface area (Å²) in [6, 6.07) is 23.8. The van der Waals surface area contributed by atoms with E-state index in [-0.39, 0.29) is 11.8 Å². The van der Waals surface area contributed by atoms with Crippen molar-refractivity contribution >= 4 is 28.8 Å². The van der Waals surface area contributed by atoms with E-state index in [0.29, 0.717) is 23.5 Å². The first-order valence-electron chi connectivity index (χ1n) is 11.7. The van der Waals surface area contributed by atoms with Gasteiger partial charge in [-0.15, -0.1) is 0 Å². The van der Waals surface area contributed by atoms with Crippen LogP contribution in [0.2, 0.25) is 0 Å². The van der Waals surface area contributed by atoms with E-state index in [9.17, 15) is 9.59 Å². The second-order valence-electron chi connectivity index (χ2n) is 8.84. The highest BCUT2D eigenvalue weighted by Gasteiger charge is 2.44. The minimum absolute atomic E-state index is 0.256. The number of rotatable bonds is 6. The van der Waals surface area contributed by atoms with E-state index in [1.165, 1.54) is 16.0 Å². The van der Waals surface area contributed by atoms with Crippen LogP contribution in [0, 0.1) is 6.92 Å². The summed E-state index contributed by atoms with van der Waals surface area (Å²) >= 11 is 0. The van der Waals surface area contributed by atoms with Crippen molar-refractivity contribution in [1.29, 1.82) is 0 Å². The van der Waals surface area contributed by atoms with Crippen LogP contribution in [0.25, 0.3) is 5.57 Å². The van der Waals surface area contributed by atoms with Gasteiger partial charge in [-0.2, -0.15) is 0 Å². The first-order valence-corrected chi connectivity index (χ1v) is 11.7. The van der Waals surface area contributed by atoms with Crippen molar-refractivity contribution in [3.05, 3.63) is 101 Å². The fraction of sp³-hybridized carbons (Fsp3) is 0.241. The van der Waals surface area contributed by atoms with Crippen LogP contribution in [0.5, 0.6) is 0 Å². The standard InChI is InChI=1S/C29H28N2O2/c1-3-4-7-21-12-16-24(17-13-21)31-28(32)26(23-14-10-20(2)11-15-23)27(29(31)33)30-19-18-22-8-5-6-9-25(22)30/h5-6,8-17H,3-4,7,18-19H2,1-2H3. The number of carbonyl (C=O) groups is 2. The molecule has 2 aliphatic rings. The summed E-state index contributed by atoms with van der Waals surface area (Å²) in [4.78, 5) is 31.0. The van der Waals surface area contributed by atoms with Gasteiger partial charge in [0, 0.05) is 12.2 Å². The second kappa shape index (κ2) is 8.70. The number of amides is 2. The van der Waals surface area contributed by atoms with Gasteiger partial charge in [0.05, 0.1) is 11.3 Å². The maximum absolute atomic E-state index is 13.8. The molecule has 0 bridgehead atoms. The van der Waals surface area contributed by atoms with Crippen LogP contribution in [-0.4, -0.2) is 18.4 Å². The molecule has 5 rings (SSSR count). The number of fused-ring (bicyclic) bond motifs is 1. The smallest absolute Gasteiger partial charge is 0.282 e. The van der Waals surface area contributed by atoms with E-state index in [1.807, 2.05) is 78.6 Å². The lowest BCUT2D eigenvalue weighted by atomic mass is 10.0. The number of nitrogens with zero attached hydrogens (tertiary/aromatic N) is 2. The van der Waals surface area contributed by atoms with Gasteiger partial charge in [-0.25, -0.2) is 4.90 Å². The van der Waals surface area contributed by atoms with Crippen molar-refractivity contribution in [3.63, 3.8) is 0 Å². The molecule has 0 aliphatic carbocycles. The summed E-state index contributed by atoms with van der Waals surface area (Å²) in [5.74, 6) is -0.516. The molecule has 0 radical (unpaired) electrons. The molecule has 0 spiro atoms. The Morgan fingerprint density at radius 2 is 1.58 bits per heavy atom. The van der Waals surface area contributed by atoms with Crippen LogP contribution >= 0.6 is 0 Å². The molecule has 2 heterocycles. The average Bonchev–Trinajstić information content (AvgIpc) is 3.36. The first kappa shape index (κ1) is 21.2. The number of hydrogen-bond donors (Lipinski definition) is 0. The molecule has 166 valence electrons. The quantitative estimate of drug-likeness (QED) is 0.467. The lowest BCUT2D eigenvalue weighted by Crippen LogP contribution is -2.34. The highest BCUT2D eigenvalue weighted by Crippen LogP contribution is 2.40. The maximum Gasteiger partial charge on any atom is 0.282 e. The van der Waals surface area contributed by atoms with Crippen molar-refractivity contribution in [2.24, 2.45) is 0 Å². The molecule has 0 unspecified atom stereocenters. The third-order valence-electron chi connectivity index (χ3n) is 6.57. The Morgan fingerprint density at radius 1 is 0.848 bits per heavy atom. The SMILES string of the molecule is CCCCc1ccc(N2C(=O)C(c3ccc(C)cc3)=C(N3CCc4ccccc43)C2=O)cc1. The largest absolute Gasteiger partial charge is 0.336 e. The number of imide groups is 1. The molecule has 33 heavy (non-hydrogen) atoms. The van der Waals surface area contributed by atoms with Crippen LogP contribution in [0.15, 0.2) is 78.5 Å². The highest BCUT2D eigenvalue weighted by atomic mass is 16.2. The molecule has 0 aromatic heterocycles. The van der Waals surface area contributed by atoms with Gasteiger partial charge < -0.3 is 4.90 Å².